The van der Waals surface area contributed by atoms with Crippen molar-refractivity contribution in [3.8, 4) is 0 Å². The van der Waals surface area contributed by atoms with Crippen LogP contribution in [0.4, 0.5) is 0 Å². The summed E-state index contributed by atoms with van der Waals surface area (Å²) in [5.74, 6) is 0. The van der Waals surface area contributed by atoms with Crippen LogP contribution in [-0.2, 0) is 0 Å². The fourth-order valence-electron chi connectivity index (χ4n) is 3.20. The Morgan fingerprint density at radius 3 is 2.67 bits per heavy atom. The van der Waals surface area contributed by atoms with Crippen LogP contribution in [0.5, 0.6) is 0 Å². The van der Waals surface area contributed by atoms with E-state index in [0.717, 1.165) is 13.0 Å². The fourth-order valence-corrected chi connectivity index (χ4v) is 4.13. The van der Waals surface area contributed by atoms with Gasteiger partial charge in [-0.1, -0.05) is 30.7 Å². The third-order valence-corrected chi connectivity index (χ3v) is 6.05. The van der Waals surface area contributed by atoms with Gasteiger partial charge >= 0.3 is 0 Å². The summed E-state index contributed by atoms with van der Waals surface area (Å²) in [4.78, 5) is 0. The maximum atomic E-state index is 6.21. The number of hydrogen-bond donors (Lipinski definition) is 2. The largest absolute Gasteiger partial charge is 0.324 e. The van der Waals surface area contributed by atoms with E-state index in [-0.39, 0.29) is 6.04 Å². The van der Waals surface area contributed by atoms with Gasteiger partial charge in [0, 0.05) is 23.4 Å². The number of hydrogen-bond acceptors (Lipinski definition) is 3. The Balaban J connectivity index is 1.68. The standard InChI is InChI=1S/C15H22N2S/c1-18-15(7-4-8-15)10-17-14-9-13(16)11-5-2-3-6-12(11)14/h2-3,5-6,13-14,17H,4,7-10,16H2,1H3. The molecule has 0 bridgehead atoms. The maximum absolute atomic E-state index is 6.21. The fraction of sp³-hybridized carbons (Fsp3) is 0.600. The highest BCUT2D eigenvalue weighted by Crippen LogP contribution is 2.43. The molecule has 0 radical (unpaired) electrons. The first kappa shape index (κ1) is 12.5. The van der Waals surface area contributed by atoms with Crippen molar-refractivity contribution in [2.24, 2.45) is 5.73 Å². The molecule has 0 amide bonds. The summed E-state index contributed by atoms with van der Waals surface area (Å²) in [6.07, 6.45) is 7.41. The van der Waals surface area contributed by atoms with Crippen LogP contribution in [0.1, 0.15) is 48.9 Å². The summed E-state index contributed by atoms with van der Waals surface area (Å²) in [6, 6.07) is 9.29. The van der Waals surface area contributed by atoms with Gasteiger partial charge in [0.1, 0.15) is 0 Å². The molecule has 2 unspecified atom stereocenters. The molecule has 2 nitrogen and oxygen atoms in total. The van der Waals surface area contributed by atoms with Crippen molar-refractivity contribution < 1.29 is 0 Å². The highest BCUT2D eigenvalue weighted by molar-refractivity contribution is 8.00. The lowest BCUT2D eigenvalue weighted by Crippen LogP contribution is -2.44. The molecule has 1 saturated carbocycles. The molecular formula is C15H22N2S. The van der Waals surface area contributed by atoms with Gasteiger partial charge in [-0.05, 0) is 36.6 Å². The van der Waals surface area contributed by atoms with Crippen LogP contribution in [0.25, 0.3) is 0 Å². The van der Waals surface area contributed by atoms with Crippen molar-refractivity contribution in [3.05, 3.63) is 35.4 Å². The van der Waals surface area contributed by atoms with Crippen LogP contribution in [0.2, 0.25) is 0 Å². The number of benzene rings is 1. The minimum atomic E-state index is 0.213. The third kappa shape index (κ3) is 2.09. The van der Waals surface area contributed by atoms with Gasteiger partial charge in [-0.25, -0.2) is 0 Å². The van der Waals surface area contributed by atoms with E-state index in [0.29, 0.717) is 10.8 Å². The molecule has 0 spiro atoms. The predicted octanol–water partition coefficient (Wildman–Crippen LogP) is 3.01. The molecule has 2 aliphatic rings. The second-order valence-electron chi connectivity index (χ2n) is 5.65. The van der Waals surface area contributed by atoms with E-state index < -0.39 is 0 Å². The zero-order valence-electron chi connectivity index (χ0n) is 11.0. The topological polar surface area (TPSA) is 38.0 Å². The Morgan fingerprint density at radius 2 is 2.06 bits per heavy atom. The zero-order valence-corrected chi connectivity index (χ0v) is 11.8. The molecule has 1 fully saturated rings. The highest BCUT2D eigenvalue weighted by Gasteiger charge is 2.37. The van der Waals surface area contributed by atoms with Gasteiger partial charge in [0.2, 0.25) is 0 Å². The van der Waals surface area contributed by atoms with E-state index >= 15 is 0 Å². The molecule has 18 heavy (non-hydrogen) atoms. The van der Waals surface area contributed by atoms with Crippen molar-refractivity contribution in [3.63, 3.8) is 0 Å². The molecule has 0 saturated heterocycles. The number of rotatable bonds is 4. The molecule has 2 aliphatic carbocycles. The Labute approximate surface area is 114 Å². The lowest BCUT2D eigenvalue weighted by atomic mass is 9.84. The number of thioether (sulfide) groups is 1. The van der Waals surface area contributed by atoms with Gasteiger partial charge in [0.05, 0.1) is 0 Å². The van der Waals surface area contributed by atoms with Crippen molar-refractivity contribution in [1.82, 2.24) is 5.32 Å². The van der Waals surface area contributed by atoms with E-state index in [1.54, 1.807) is 0 Å². The van der Waals surface area contributed by atoms with E-state index in [9.17, 15) is 0 Å². The molecule has 3 N–H and O–H groups in total. The predicted molar refractivity (Wildman–Crippen MR) is 78.8 cm³/mol. The van der Waals surface area contributed by atoms with Crippen LogP contribution >= 0.6 is 11.8 Å². The molecular weight excluding hydrogens is 240 g/mol. The molecule has 1 aromatic rings. The quantitative estimate of drug-likeness (QED) is 0.876. The van der Waals surface area contributed by atoms with Crippen LogP contribution < -0.4 is 11.1 Å². The molecule has 0 aromatic heterocycles. The summed E-state index contributed by atoms with van der Waals surface area (Å²) in [5, 5.41) is 3.76. The van der Waals surface area contributed by atoms with Crippen LogP contribution in [0.15, 0.2) is 24.3 Å². The molecule has 0 aliphatic heterocycles. The average molecular weight is 262 g/mol. The Kier molecular flexibility index (Phi) is 3.39. The van der Waals surface area contributed by atoms with Gasteiger partial charge in [-0.15, -0.1) is 0 Å². The smallest absolute Gasteiger partial charge is 0.0342 e. The van der Waals surface area contributed by atoms with Crippen LogP contribution in [0, 0.1) is 0 Å². The molecule has 3 rings (SSSR count). The summed E-state index contributed by atoms with van der Waals surface area (Å²) >= 11 is 2.03. The van der Waals surface area contributed by atoms with Crippen LogP contribution in [-0.4, -0.2) is 17.5 Å². The van der Waals surface area contributed by atoms with Gasteiger partial charge in [0.15, 0.2) is 0 Å². The van der Waals surface area contributed by atoms with Gasteiger partial charge in [0.25, 0.3) is 0 Å². The molecule has 1 aromatic carbocycles. The van der Waals surface area contributed by atoms with Gasteiger partial charge in [-0.2, -0.15) is 11.8 Å². The van der Waals surface area contributed by atoms with E-state index in [2.05, 4.69) is 35.8 Å². The Hall–Kier alpha value is -0.510. The summed E-state index contributed by atoms with van der Waals surface area (Å²) in [7, 11) is 0. The second kappa shape index (κ2) is 4.87. The summed E-state index contributed by atoms with van der Waals surface area (Å²) < 4.78 is 0.502. The number of nitrogens with one attached hydrogen (secondary N) is 1. The number of nitrogens with two attached hydrogens (primary N) is 1. The first-order valence-electron chi connectivity index (χ1n) is 6.87. The monoisotopic (exact) mass is 262 g/mol. The molecule has 0 heterocycles. The minimum absolute atomic E-state index is 0.213. The van der Waals surface area contributed by atoms with E-state index in [4.69, 9.17) is 5.73 Å². The van der Waals surface area contributed by atoms with E-state index in [1.165, 1.54) is 30.4 Å². The molecule has 98 valence electrons. The Morgan fingerprint density at radius 1 is 1.33 bits per heavy atom. The zero-order chi connectivity index (χ0) is 12.6. The summed E-state index contributed by atoms with van der Waals surface area (Å²) in [5.41, 5.74) is 8.96. The van der Waals surface area contributed by atoms with Gasteiger partial charge in [-0.3, -0.25) is 0 Å². The van der Waals surface area contributed by atoms with Crippen molar-refractivity contribution in [2.45, 2.75) is 42.5 Å². The second-order valence-corrected chi connectivity index (χ2v) is 6.92. The Bertz CT molecular complexity index is 423. The lowest BCUT2D eigenvalue weighted by molar-refractivity contribution is 0.327. The molecule has 2 atom stereocenters. The SMILES string of the molecule is CSC1(CNC2CC(N)c3ccccc32)CCC1. The third-order valence-electron chi connectivity index (χ3n) is 4.63. The van der Waals surface area contributed by atoms with Crippen LogP contribution in [0.3, 0.4) is 0 Å². The van der Waals surface area contributed by atoms with Gasteiger partial charge < -0.3 is 11.1 Å². The highest BCUT2D eigenvalue weighted by atomic mass is 32.2. The first-order valence-corrected chi connectivity index (χ1v) is 8.09. The maximum Gasteiger partial charge on any atom is 0.0342 e. The van der Waals surface area contributed by atoms with E-state index in [1.807, 2.05) is 11.8 Å². The van der Waals surface area contributed by atoms with Crippen molar-refractivity contribution in [1.29, 1.82) is 0 Å². The average Bonchev–Trinajstić information content (AvgIpc) is 2.67. The van der Waals surface area contributed by atoms with Crippen molar-refractivity contribution in [2.75, 3.05) is 12.8 Å². The number of fused-ring (bicyclic) bond motifs is 1. The lowest BCUT2D eigenvalue weighted by Gasteiger charge is -2.41. The first-order chi connectivity index (χ1) is 8.74. The summed E-state index contributed by atoms with van der Waals surface area (Å²) in [6.45, 7) is 1.12. The molecule has 3 heteroatoms. The van der Waals surface area contributed by atoms with Crippen molar-refractivity contribution >= 4 is 11.8 Å². The normalized spacial score (nSPS) is 28.8. The minimum Gasteiger partial charge on any atom is -0.324 e.